The molecule has 1 aliphatic heterocycles. The number of para-hydroxylation sites is 2. The van der Waals surface area contributed by atoms with Crippen LogP contribution in [0.5, 0.6) is 0 Å². The van der Waals surface area contributed by atoms with E-state index < -0.39 is 0 Å². The molecule has 5 rings (SSSR count). The molecule has 2 atom stereocenters. The molecule has 0 radical (unpaired) electrons. The summed E-state index contributed by atoms with van der Waals surface area (Å²) < 4.78 is 2.04. The van der Waals surface area contributed by atoms with Gasteiger partial charge in [-0.25, -0.2) is 4.98 Å². The van der Waals surface area contributed by atoms with Crippen LogP contribution in [0.4, 0.5) is 0 Å². The molecule has 1 amide bonds. The monoisotopic (exact) mass is 461 g/mol. The van der Waals surface area contributed by atoms with Crippen molar-refractivity contribution in [2.45, 2.75) is 59.0 Å². The third-order valence-corrected chi connectivity index (χ3v) is 7.63. The number of imidazole rings is 1. The number of aromatic nitrogens is 3. The number of hydrogen-bond donors (Lipinski definition) is 2. The fraction of sp³-hybridized carbons (Fsp3) is 0.519. The molecule has 3 heterocycles. The van der Waals surface area contributed by atoms with E-state index in [1.165, 1.54) is 19.3 Å². The van der Waals surface area contributed by atoms with E-state index in [4.69, 9.17) is 0 Å². The highest BCUT2D eigenvalue weighted by Crippen LogP contribution is 2.52. The van der Waals surface area contributed by atoms with Gasteiger partial charge >= 0.3 is 0 Å². The normalized spacial score (nSPS) is 23.9. The summed E-state index contributed by atoms with van der Waals surface area (Å²) in [6.45, 7) is 9.33. The first kappa shape index (κ1) is 22.8. The maximum absolute atomic E-state index is 12.7. The van der Waals surface area contributed by atoms with Crippen molar-refractivity contribution >= 4 is 16.9 Å². The van der Waals surface area contributed by atoms with Gasteiger partial charge in [-0.1, -0.05) is 32.9 Å². The lowest BCUT2D eigenvalue weighted by atomic mass is 9.65. The van der Waals surface area contributed by atoms with Crippen molar-refractivity contribution in [1.29, 1.82) is 0 Å². The molecule has 2 aliphatic rings. The van der Waals surface area contributed by atoms with Crippen molar-refractivity contribution < 1.29 is 4.79 Å². The minimum absolute atomic E-state index is 0.155. The Hall–Kier alpha value is -2.93. The summed E-state index contributed by atoms with van der Waals surface area (Å²) in [5, 5.41) is 2.87. The molecular weight excluding hydrogens is 426 g/mol. The first-order chi connectivity index (χ1) is 16.1. The fourth-order valence-electron chi connectivity index (χ4n) is 6.57. The molecule has 34 heavy (non-hydrogen) atoms. The number of carbonyl (C=O) groups excluding carboxylic acids is 1. The summed E-state index contributed by atoms with van der Waals surface area (Å²) in [7, 11) is 1.98. The van der Waals surface area contributed by atoms with Crippen molar-refractivity contribution in [3.8, 4) is 0 Å². The standard InChI is InChI=1S/C27H35N5O2/c1-26(2)13-19-14-27(3,16-26)17-32(19)15-18-9-10-20(25(34)29-18)24(33)28-12-11-23-30-21-7-5-6-8-22(21)31(23)4/h5-10,19H,11-17H2,1-4H3,(H,28,33)(H,29,34). The number of nitrogens with zero attached hydrogens (tertiary/aromatic N) is 3. The molecular formula is C27H35N5O2. The lowest BCUT2D eigenvalue weighted by molar-refractivity contribution is 0.0952. The fourth-order valence-corrected chi connectivity index (χ4v) is 6.57. The van der Waals surface area contributed by atoms with E-state index in [-0.39, 0.29) is 17.0 Å². The van der Waals surface area contributed by atoms with E-state index in [1.807, 2.05) is 41.9 Å². The van der Waals surface area contributed by atoms with Crippen molar-refractivity contribution in [3.63, 3.8) is 0 Å². The number of nitrogens with one attached hydrogen (secondary N) is 2. The molecule has 2 unspecified atom stereocenters. The van der Waals surface area contributed by atoms with Crippen LogP contribution in [-0.2, 0) is 20.0 Å². The van der Waals surface area contributed by atoms with Crippen LogP contribution in [0.3, 0.4) is 0 Å². The van der Waals surface area contributed by atoms with E-state index >= 15 is 0 Å². The van der Waals surface area contributed by atoms with Gasteiger partial charge in [0.05, 0.1) is 11.0 Å². The molecule has 3 aromatic rings. The van der Waals surface area contributed by atoms with Gasteiger partial charge in [-0.3, -0.25) is 14.5 Å². The summed E-state index contributed by atoms with van der Waals surface area (Å²) >= 11 is 0. The second kappa shape index (κ2) is 8.38. The number of rotatable bonds is 6. The molecule has 7 nitrogen and oxygen atoms in total. The highest BCUT2D eigenvalue weighted by molar-refractivity contribution is 5.93. The maximum Gasteiger partial charge on any atom is 0.261 e. The molecule has 1 saturated heterocycles. The molecule has 2 N–H and O–H groups in total. The van der Waals surface area contributed by atoms with E-state index in [2.05, 4.69) is 41.0 Å². The molecule has 2 bridgehead atoms. The van der Waals surface area contributed by atoms with Crippen molar-refractivity contribution in [1.82, 2.24) is 24.8 Å². The van der Waals surface area contributed by atoms with Crippen LogP contribution in [0, 0.1) is 10.8 Å². The van der Waals surface area contributed by atoms with Crippen LogP contribution in [0.15, 0.2) is 41.2 Å². The van der Waals surface area contributed by atoms with Gasteiger partial charge in [-0.2, -0.15) is 0 Å². The Morgan fingerprint density at radius 2 is 1.97 bits per heavy atom. The third-order valence-electron chi connectivity index (χ3n) is 7.63. The number of H-pyrrole nitrogens is 1. The Labute approximate surface area is 200 Å². The van der Waals surface area contributed by atoms with Crippen molar-refractivity contribution in [2.24, 2.45) is 17.9 Å². The minimum Gasteiger partial charge on any atom is -0.351 e. The molecule has 180 valence electrons. The maximum atomic E-state index is 12.7. The van der Waals surface area contributed by atoms with Gasteiger partial charge in [0.2, 0.25) is 0 Å². The third kappa shape index (κ3) is 4.41. The number of carbonyl (C=O) groups is 1. The smallest absolute Gasteiger partial charge is 0.261 e. The van der Waals surface area contributed by atoms with E-state index in [9.17, 15) is 9.59 Å². The largest absolute Gasteiger partial charge is 0.351 e. The van der Waals surface area contributed by atoms with Gasteiger partial charge in [0, 0.05) is 44.8 Å². The second-order valence-electron chi connectivity index (χ2n) is 11.4. The zero-order valence-corrected chi connectivity index (χ0v) is 20.6. The van der Waals surface area contributed by atoms with Crippen LogP contribution in [0.2, 0.25) is 0 Å². The van der Waals surface area contributed by atoms with Crippen LogP contribution in [0.25, 0.3) is 11.0 Å². The summed E-state index contributed by atoms with van der Waals surface area (Å²) in [6.07, 6.45) is 4.26. The number of benzene rings is 1. The minimum atomic E-state index is -0.349. The zero-order chi connectivity index (χ0) is 24.1. The molecule has 0 spiro atoms. The SMILES string of the molecule is Cn1c(CCNC(=O)c2ccc(CN3CC4(C)CC3CC(C)(C)C4)[nH]c2=O)nc2ccccc21. The molecule has 7 heteroatoms. The Balaban J connectivity index is 1.20. The Morgan fingerprint density at radius 1 is 1.18 bits per heavy atom. The van der Waals surface area contributed by atoms with Gasteiger partial charge in [-0.05, 0) is 54.4 Å². The van der Waals surface area contributed by atoms with E-state index in [0.717, 1.165) is 35.6 Å². The number of likely N-dealkylation sites (tertiary alicyclic amines) is 1. The van der Waals surface area contributed by atoms with Crippen molar-refractivity contribution in [3.05, 3.63) is 63.8 Å². The molecule has 1 aromatic carbocycles. The summed E-state index contributed by atoms with van der Waals surface area (Å²) in [5.41, 5.74) is 3.42. The number of aromatic amines is 1. The summed E-state index contributed by atoms with van der Waals surface area (Å²) in [5.74, 6) is 0.552. The molecule has 1 saturated carbocycles. The first-order valence-corrected chi connectivity index (χ1v) is 12.3. The Bertz CT molecular complexity index is 1290. The highest BCUT2D eigenvalue weighted by atomic mass is 16.2. The average molecular weight is 462 g/mol. The lowest BCUT2D eigenvalue weighted by Crippen LogP contribution is -2.35. The predicted octanol–water partition coefficient (Wildman–Crippen LogP) is 3.63. The number of fused-ring (bicyclic) bond motifs is 3. The number of pyridine rings is 1. The topological polar surface area (TPSA) is 83.0 Å². The number of hydrogen-bond acceptors (Lipinski definition) is 4. The average Bonchev–Trinajstić information content (AvgIpc) is 3.20. The van der Waals surface area contributed by atoms with Crippen LogP contribution < -0.4 is 10.9 Å². The van der Waals surface area contributed by atoms with E-state index in [0.29, 0.717) is 29.8 Å². The second-order valence-corrected chi connectivity index (χ2v) is 11.4. The van der Waals surface area contributed by atoms with Crippen molar-refractivity contribution in [2.75, 3.05) is 13.1 Å². The van der Waals surface area contributed by atoms with Gasteiger partial charge in [0.1, 0.15) is 11.4 Å². The first-order valence-electron chi connectivity index (χ1n) is 12.3. The van der Waals surface area contributed by atoms with Gasteiger partial charge in [0.25, 0.3) is 11.5 Å². The van der Waals surface area contributed by atoms with Gasteiger partial charge < -0.3 is 14.9 Å². The molecule has 2 fully saturated rings. The quantitative estimate of drug-likeness (QED) is 0.587. The zero-order valence-electron chi connectivity index (χ0n) is 20.6. The summed E-state index contributed by atoms with van der Waals surface area (Å²) in [6, 6.07) is 12.1. The Morgan fingerprint density at radius 3 is 2.74 bits per heavy atom. The number of aryl methyl sites for hydroxylation is 1. The highest BCUT2D eigenvalue weighted by Gasteiger charge is 2.49. The molecule has 1 aliphatic carbocycles. The number of amides is 1. The van der Waals surface area contributed by atoms with Gasteiger partial charge in [0.15, 0.2) is 0 Å². The summed E-state index contributed by atoms with van der Waals surface area (Å²) in [4.78, 5) is 35.5. The molecule has 2 aromatic heterocycles. The van der Waals surface area contributed by atoms with Crippen LogP contribution in [-0.4, -0.2) is 44.5 Å². The lowest BCUT2D eigenvalue weighted by Gasteiger charge is -2.39. The van der Waals surface area contributed by atoms with Gasteiger partial charge in [-0.15, -0.1) is 0 Å². The van der Waals surface area contributed by atoms with E-state index in [1.54, 1.807) is 6.07 Å². The Kier molecular flexibility index (Phi) is 5.63. The predicted molar refractivity (Wildman–Crippen MR) is 134 cm³/mol. The van der Waals surface area contributed by atoms with Crippen LogP contribution in [0.1, 0.15) is 61.9 Å². The van der Waals surface area contributed by atoms with Crippen LogP contribution >= 0.6 is 0 Å².